The number of carbonyl (C=O) groups is 1. The monoisotopic (exact) mass is 357 g/mol. The maximum atomic E-state index is 11.5. The zero-order chi connectivity index (χ0) is 18.0. The Kier molecular flexibility index (Phi) is 5.45. The van der Waals surface area contributed by atoms with Gasteiger partial charge in [0.25, 0.3) is 0 Å². The molecule has 0 aromatic heterocycles. The number of hydrogen-bond acceptors (Lipinski definition) is 2. The van der Waals surface area contributed by atoms with Gasteiger partial charge in [0, 0.05) is 11.6 Å². The van der Waals surface area contributed by atoms with Gasteiger partial charge in [0.1, 0.15) is 0 Å². The summed E-state index contributed by atoms with van der Waals surface area (Å²) in [6.07, 6.45) is 1.66. The van der Waals surface area contributed by atoms with Crippen LogP contribution in [0.1, 0.15) is 41.1 Å². The van der Waals surface area contributed by atoms with E-state index in [-0.39, 0.29) is 12.0 Å². The largest absolute Gasteiger partial charge is 0.481 e. The molecule has 3 nitrogen and oxygen atoms in total. The molecule has 2 aromatic rings. The number of benzene rings is 2. The minimum atomic E-state index is -0.694. The Labute approximate surface area is 154 Å². The summed E-state index contributed by atoms with van der Waals surface area (Å²) in [5, 5.41) is 10.2. The number of piperidine rings is 1. The molecule has 0 spiro atoms. The second-order valence-corrected chi connectivity index (χ2v) is 7.42. The second kappa shape index (κ2) is 7.59. The van der Waals surface area contributed by atoms with Crippen LogP contribution in [0.15, 0.2) is 42.5 Å². The normalized spacial score (nSPS) is 19.6. The summed E-state index contributed by atoms with van der Waals surface area (Å²) in [5.41, 5.74) is 4.86. The number of likely N-dealkylation sites (tertiary alicyclic amines) is 1. The Morgan fingerprint density at radius 2 is 1.92 bits per heavy atom. The number of nitrogens with zero attached hydrogens (tertiary/aromatic N) is 1. The van der Waals surface area contributed by atoms with Crippen molar-refractivity contribution >= 4 is 17.6 Å². The SMILES string of the molecule is Cc1ccc(C(c2ccc(Cl)cc2)N2CCCC(C(=O)O)C2)c(C)c1. The van der Waals surface area contributed by atoms with Crippen LogP contribution in [0, 0.1) is 19.8 Å². The fourth-order valence-corrected chi connectivity index (χ4v) is 3.93. The molecule has 0 aliphatic carbocycles. The van der Waals surface area contributed by atoms with Gasteiger partial charge in [-0.05, 0) is 62.1 Å². The molecule has 2 aromatic carbocycles. The van der Waals surface area contributed by atoms with Crippen LogP contribution in [0.4, 0.5) is 0 Å². The van der Waals surface area contributed by atoms with E-state index in [0.717, 1.165) is 24.9 Å². The van der Waals surface area contributed by atoms with Gasteiger partial charge in [0.05, 0.1) is 12.0 Å². The summed E-state index contributed by atoms with van der Waals surface area (Å²) in [7, 11) is 0. The molecule has 1 saturated heterocycles. The molecule has 4 heteroatoms. The summed E-state index contributed by atoms with van der Waals surface area (Å²) in [5.74, 6) is -0.991. The van der Waals surface area contributed by atoms with Gasteiger partial charge in [0.2, 0.25) is 0 Å². The molecule has 0 bridgehead atoms. The molecule has 1 aliphatic heterocycles. The molecule has 0 radical (unpaired) electrons. The average Bonchev–Trinajstić information content (AvgIpc) is 2.59. The standard InChI is InChI=1S/C21H24ClNO2/c1-14-5-10-19(15(2)12-14)20(16-6-8-18(22)9-7-16)23-11-3-4-17(13-23)21(24)25/h5-10,12,17,20H,3-4,11,13H2,1-2H3,(H,24,25). The van der Waals surface area contributed by atoms with Crippen molar-refractivity contribution in [1.29, 1.82) is 0 Å². The van der Waals surface area contributed by atoms with E-state index in [2.05, 4.69) is 49.1 Å². The van der Waals surface area contributed by atoms with Crippen molar-refractivity contribution in [3.63, 3.8) is 0 Å². The lowest BCUT2D eigenvalue weighted by molar-refractivity contribution is -0.143. The van der Waals surface area contributed by atoms with Crippen molar-refractivity contribution in [3.05, 3.63) is 69.7 Å². The first-order chi connectivity index (χ1) is 12.0. The van der Waals surface area contributed by atoms with Crippen LogP contribution in [0.25, 0.3) is 0 Å². The second-order valence-electron chi connectivity index (χ2n) is 6.99. The number of carboxylic acids is 1. The van der Waals surface area contributed by atoms with Crippen LogP contribution in [-0.2, 0) is 4.79 Å². The third-order valence-corrected chi connectivity index (χ3v) is 5.32. The quantitative estimate of drug-likeness (QED) is 0.850. The molecular formula is C21H24ClNO2. The van der Waals surface area contributed by atoms with Crippen LogP contribution in [0.5, 0.6) is 0 Å². The van der Waals surface area contributed by atoms with Gasteiger partial charge in [-0.1, -0.05) is 47.5 Å². The lowest BCUT2D eigenvalue weighted by atomic mass is 9.89. The Morgan fingerprint density at radius 1 is 1.20 bits per heavy atom. The molecule has 25 heavy (non-hydrogen) atoms. The summed E-state index contributed by atoms with van der Waals surface area (Å²) in [4.78, 5) is 13.8. The fourth-order valence-electron chi connectivity index (χ4n) is 3.81. The molecule has 3 rings (SSSR count). The van der Waals surface area contributed by atoms with E-state index in [1.54, 1.807) is 0 Å². The highest BCUT2D eigenvalue weighted by Gasteiger charge is 2.31. The molecule has 1 aliphatic rings. The fraction of sp³-hybridized carbons (Fsp3) is 0.381. The number of hydrogen-bond donors (Lipinski definition) is 1. The number of aryl methyl sites for hydroxylation is 2. The molecule has 2 unspecified atom stereocenters. The average molecular weight is 358 g/mol. The minimum Gasteiger partial charge on any atom is -0.481 e. The number of aliphatic carboxylic acids is 1. The first kappa shape index (κ1) is 18.0. The van der Waals surface area contributed by atoms with Crippen LogP contribution >= 0.6 is 11.6 Å². The summed E-state index contributed by atoms with van der Waals surface area (Å²) < 4.78 is 0. The van der Waals surface area contributed by atoms with E-state index in [1.165, 1.54) is 16.7 Å². The lowest BCUT2D eigenvalue weighted by Crippen LogP contribution is -2.41. The molecule has 132 valence electrons. The molecule has 0 amide bonds. The predicted molar refractivity (Wildman–Crippen MR) is 101 cm³/mol. The predicted octanol–water partition coefficient (Wildman–Crippen LogP) is 4.84. The number of rotatable bonds is 4. The van der Waals surface area contributed by atoms with Crippen LogP contribution in [0.2, 0.25) is 5.02 Å². The summed E-state index contributed by atoms with van der Waals surface area (Å²) in [6.45, 7) is 5.71. The van der Waals surface area contributed by atoms with Gasteiger partial charge in [-0.25, -0.2) is 0 Å². The Morgan fingerprint density at radius 3 is 2.56 bits per heavy atom. The third-order valence-electron chi connectivity index (χ3n) is 5.07. The number of carboxylic acid groups (broad SMARTS) is 1. The Bertz CT molecular complexity index is 757. The van der Waals surface area contributed by atoms with Gasteiger partial charge < -0.3 is 5.11 Å². The van der Waals surface area contributed by atoms with Gasteiger partial charge >= 0.3 is 5.97 Å². The van der Waals surface area contributed by atoms with E-state index in [9.17, 15) is 9.90 Å². The molecule has 1 heterocycles. The Balaban J connectivity index is 2.02. The topological polar surface area (TPSA) is 40.5 Å². The van der Waals surface area contributed by atoms with Gasteiger partial charge in [-0.3, -0.25) is 9.69 Å². The molecular weight excluding hydrogens is 334 g/mol. The van der Waals surface area contributed by atoms with Crippen LogP contribution in [-0.4, -0.2) is 29.1 Å². The molecule has 1 N–H and O–H groups in total. The van der Waals surface area contributed by atoms with Gasteiger partial charge in [-0.15, -0.1) is 0 Å². The lowest BCUT2D eigenvalue weighted by Gasteiger charge is -2.38. The maximum absolute atomic E-state index is 11.5. The smallest absolute Gasteiger partial charge is 0.307 e. The Hall–Kier alpha value is -1.84. The third kappa shape index (κ3) is 4.05. The first-order valence-electron chi connectivity index (χ1n) is 8.75. The van der Waals surface area contributed by atoms with E-state index in [1.807, 2.05) is 12.1 Å². The molecule has 2 atom stereocenters. The first-order valence-corrected chi connectivity index (χ1v) is 9.13. The van der Waals surface area contributed by atoms with Crippen molar-refractivity contribution in [3.8, 4) is 0 Å². The van der Waals surface area contributed by atoms with Crippen molar-refractivity contribution in [1.82, 2.24) is 4.90 Å². The molecule has 1 fully saturated rings. The van der Waals surface area contributed by atoms with Gasteiger partial charge in [-0.2, -0.15) is 0 Å². The summed E-state index contributed by atoms with van der Waals surface area (Å²) in [6, 6.07) is 14.5. The highest BCUT2D eigenvalue weighted by molar-refractivity contribution is 6.30. The minimum absolute atomic E-state index is 0.0556. The van der Waals surface area contributed by atoms with E-state index in [4.69, 9.17) is 11.6 Å². The zero-order valence-corrected chi connectivity index (χ0v) is 15.5. The van der Waals surface area contributed by atoms with Gasteiger partial charge in [0.15, 0.2) is 0 Å². The highest BCUT2D eigenvalue weighted by Crippen LogP contribution is 2.35. The van der Waals surface area contributed by atoms with Crippen molar-refractivity contribution in [2.45, 2.75) is 32.7 Å². The van der Waals surface area contributed by atoms with Crippen molar-refractivity contribution < 1.29 is 9.90 Å². The summed E-state index contributed by atoms with van der Waals surface area (Å²) >= 11 is 6.07. The van der Waals surface area contributed by atoms with Crippen LogP contribution < -0.4 is 0 Å². The number of halogens is 1. The van der Waals surface area contributed by atoms with E-state index < -0.39 is 5.97 Å². The van der Waals surface area contributed by atoms with Crippen molar-refractivity contribution in [2.24, 2.45) is 5.92 Å². The van der Waals surface area contributed by atoms with E-state index >= 15 is 0 Å². The van der Waals surface area contributed by atoms with Crippen LogP contribution in [0.3, 0.4) is 0 Å². The highest BCUT2D eigenvalue weighted by atomic mass is 35.5. The van der Waals surface area contributed by atoms with Crippen molar-refractivity contribution in [2.75, 3.05) is 13.1 Å². The van der Waals surface area contributed by atoms with E-state index in [0.29, 0.717) is 11.6 Å². The molecule has 0 saturated carbocycles. The maximum Gasteiger partial charge on any atom is 0.307 e. The zero-order valence-electron chi connectivity index (χ0n) is 14.7.